The molecule has 1 fully saturated rings. The molecule has 10 heteroatoms. The number of halogens is 4. The second-order valence-corrected chi connectivity index (χ2v) is 6.68. The minimum absolute atomic E-state index is 0.0248. The molecule has 2 amide bonds. The third-order valence-corrected chi connectivity index (χ3v) is 4.60. The summed E-state index contributed by atoms with van der Waals surface area (Å²) >= 11 is 5.93. The van der Waals surface area contributed by atoms with Gasteiger partial charge in [0.25, 0.3) is 0 Å². The lowest BCUT2D eigenvalue weighted by molar-refractivity contribution is -0.0875. The zero-order valence-electron chi connectivity index (χ0n) is 14.4. The number of rotatable bonds is 0. The van der Waals surface area contributed by atoms with Crippen LogP contribution >= 0.6 is 11.6 Å². The third-order valence-electron chi connectivity index (χ3n) is 4.31. The van der Waals surface area contributed by atoms with Crippen molar-refractivity contribution in [1.29, 1.82) is 0 Å². The Bertz CT molecular complexity index is 733. The van der Waals surface area contributed by atoms with Gasteiger partial charge in [-0.25, -0.2) is 9.79 Å². The first-order valence-corrected chi connectivity index (χ1v) is 8.98. The van der Waals surface area contributed by atoms with Gasteiger partial charge in [-0.05, 0) is 18.6 Å². The fourth-order valence-corrected chi connectivity index (χ4v) is 3.09. The van der Waals surface area contributed by atoms with E-state index in [1.165, 1.54) is 12.3 Å². The van der Waals surface area contributed by atoms with Crippen LogP contribution in [0.25, 0.3) is 0 Å². The third kappa shape index (κ3) is 4.91. The summed E-state index contributed by atoms with van der Waals surface area (Å²) in [5.74, 6) is 0.337. The van der Waals surface area contributed by atoms with Crippen LogP contribution in [-0.4, -0.2) is 71.8 Å². The molecule has 0 aromatic carbocycles. The molecule has 3 aliphatic rings. The number of hydrogen-bond donors (Lipinski definition) is 1. The van der Waals surface area contributed by atoms with E-state index in [9.17, 15) is 18.0 Å². The highest BCUT2D eigenvalue weighted by atomic mass is 35.5. The van der Waals surface area contributed by atoms with Gasteiger partial charge in [0.15, 0.2) is 0 Å². The summed E-state index contributed by atoms with van der Waals surface area (Å²) in [6.07, 6.45) is 3.54. The van der Waals surface area contributed by atoms with E-state index in [0.717, 1.165) is 0 Å². The van der Waals surface area contributed by atoms with E-state index in [-0.39, 0.29) is 36.8 Å². The topological polar surface area (TPSA) is 60.3 Å². The maximum absolute atomic E-state index is 13.2. The average Bonchev–Trinajstić information content (AvgIpc) is 2.85. The quantitative estimate of drug-likeness (QED) is 0.634. The van der Waals surface area contributed by atoms with Gasteiger partial charge >= 0.3 is 12.2 Å². The first-order chi connectivity index (χ1) is 12.8. The molecule has 0 saturated carbocycles. The largest absolute Gasteiger partial charge is 0.419 e. The standard InChI is InChI=1S/C17H19ClF3N5O/c18-12-3-4-14(22-7-5-12)24-16(27)26-10-8-25(9-11-26)15-13(17(19,20)21)2-1-6-23-15/h2-5,7,12H,1,6,8-11H2,(H,22,24,27). The van der Waals surface area contributed by atoms with E-state index in [1.807, 2.05) is 0 Å². The molecule has 1 N–H and O–H groups in total. The van der Waals surface area contributed by atoms with E-state index in [2.05, 4.69) is 15.3 Å². The molecule has 0 aromatic rings. The van der Waals surface area contributed by atoms with Crippen LogP contribution in [0.1, 0.15) is 6.42 Å². The molecule has 27 heavy (non-hydrogen) atoms. The lowest BCUT2D eigenvalue weighted by Crippen LogP contribution is -2.54. The molecule has 3 aliphatic heterocycles. The van der Waals surface area contributed by atoms with Crippen LogP contribution in [0.5, 0.6) is 0 Å². The van der Waals surface area contributed by atoms with Gasteiger partial charge in [-0.1, -0.05) is 12.2 Å². The van der Waals surface area contributed by atoms with E-state index in [4.69, 9.17) is 11.6 Å². The fraction of sp³-hybridized carbons (Fsp3) is 0.471. The first kappa shape index (κ1) is 19.5. The molecule has 1 unspecified atom stereocenters. The number of urea groups is 1. The van der Waals surface area contributed by atoms with Crippen LogP contribution in [0.15, 0.2) is 46.1 Å². The molecule has 1 atom stereocenters. The molecule has 0 aliphatic carbocycles. The number of carbonyl (C=O) groups is 1. The van der Waals surface area contributed by atoms with Gasteiger partial charge in [0, 0.05) is 38.9 Å². The maximum atomic E-state index is 13.2. The number of carbonyl (C=O) groups excluding carboxylic acids is 1. The Kier molecular flexibility index (Phi) is 5.88. The molecule has 0 aromatic heterocycles. The van der Waals surface area contributed by atoms with Gasteiger partial charge in [-0.3, -0.25) is 10.3 Å². The van der Waals surface area contributed by atoms with Gasteiger partial charge in [0.05, 0.1) is 11.0 Å². The molecule has 146 valence electrons. The second kappa shape index (κ2) is 8.16. The van der Waals surface area contributed by atoms with Gasteiger partial charge in [-0.15, -0.1) is 11.6 Å². The number of allylic oxidation sites excluding steroid dienone is 2. The SMILES string of the molecule is O=C(NC1=NC=CC(Cl)C=C1)N1CCN(C2=NCCC=C2C(F)(F)F)CC1. The van der Waals surface area contributed by atoms with E-state index < -0.39 is 11.7 Å². The van der Waals surface area contributed by atoms with E-state index in [0.29, 0.717) is 25.5 Å². The van der Waals surface area contributed by atoms with Crippen molar-refractivity contribution in [3.8, 4) is 0 Å². The van der Waals surface area contributed by atoms with E-state index in [1.54, 1.807) is 28.0 Å². The minimum Gasteiger partial charge on any atom is -0.353 e. The van der Waals surface area contributed by atoms with Gasteiger partial charge in [-0.2, -0.15) is 13.2 Å². The minimum atomic E-state index is -4.43. The monoisotopic (exact) mass is 401 g/mol. The highest BCUT2D eigenvalue weighted by Gasteiger charge is 2.40. The van der Waals surface area contributed by atoms with Gasteiger partial charge in [0.1, 0.15) is 11.7 Å². The van der Waals surface area contributed by atoms with Gasteiger partial charge < -0.3 is 9.80 Å². The smallest absolute Gasteiger partial charge is 0.353 e. The van der Waals surface area contributed by atoms with Crippen molar-refractivity contribution in [2.24, 2.45) is 9.98 Å². The molecule has 3 rings (SSSR count). The first-order valence-electron chi connectivity index (χ1n) is 8.54. The average molecular weight is 402 g/mol. The Morgan fingerprint density at radius 3 is 2.67 bits per heavy atom. The zero-order valence-corrected chi connectivity index (χ0v) is 15.2. The molecule has 6 nitrogen and oxygen atoms in total. The number of nitrogens with one attached hydrogen (secondary N) is 1. The number of dihydropyridines is 1. The summed E-state index contributed by atoms with van der Waals surface area (Å²) in [5.41, 5.74) is -0.688. The van der Waals surface area contributed by atoms with Crippen molar-refractivity contribution in [1.82, 2.24) is 15.1 Å². The van der Waals surface area contributed by atoms with Crippen molar-refractivity contribution in [3.05, 3.63) is 36.1 Å². The van der Waals surface area contributed by atoms with Crippen molar-refractivity contribution in [3.63, 3.8) is 0 Å². The number of amidine groups is 2. The van der Waals surface area contributed by atoms with Crippen molar-refractivity contribution in [2.45, 2.75) is 18.0 Å². The number of piperazine rings is 1. The summed E-state index contributed by atoms with van der Waals surface area (Å²) in [6.45, 7) is 1.50. The molecular weight excluding hydrogens is 383 g/mol. The van der Waals surface area contributed by atoms with E-state index >= 15 is 0 Å². The van der Waals surface area contributed by atoms with Crippen molar-refractivity contribution < 1.29 is 18.0 Å². The Balaban J connectivity index is 1.57. The van der Waals surface area contributed by atoms with Crippen molar-refractivity contribution in [2.75, 3.05) is 32.7 Å². The number of hydrogen-bond acceptors (Lipinski definition) is 4. The summed E-state index contributed by atoms with van der Waals surface area (Å²) < 4.78 is 39.6. The van der Waals surface area contributed by atoms with Crippen LogP contribution in [0.2, 0.25) is 0 Å². The van der Waals surface area contributed by atoms with Crippen LogP contribution in [0.3, 0.4) is 0 Å². The highest BCUT2D eigenvalue weighted by molar-refractivity contribution is 6.23. The predicted molar refractivity (Wildman–Crippen MR) is 98.1 cm³/mol. The number of alkyl halides is 4. The fourth-order valence-electron chi connectivity index (χ4n) is 2.95. The molecule has 3 heterocycles. The number of nitrogens with zero attached hydrogens (tertiary/aromatic N) is 4. The van der Waals surface area contributed by atoms with Crippen LogP contribution in [0.4, 0.5) is 18.0 Å². The molecule has 1 saturated heterocycles. The summed E-state index contributed by atoms with van der Waals surface area (Å²) in [7, 11) is 0. The number of aliphatic imine (C=N–C) groups is 2. The van der Waals surface area contributed by atoms with Crippen LogP contribution in [0, 0.1) is 0 Å². The predicted octanol–water partition coefficient (Wildman–Crippen LogP) is 2.69. The lowest BCUT2D eigenvalue weighted by Gasteiger charge is -2.37. The summed E-state index contributed by atoms with van der Waals surface area (Å²) in [5, 5.41) is 2.38. The Morgan fingerprint density at radius 2 is 1.96 bits per heavy atom. The second-order valence-electron chi connectivity index (χ2n) is 6.17. The number of amides is 2. The lowest BCUT2D eigenvalue weighted by atomic mass is 10.1. The summed E-state index contributed by atoms with van der Waals surface area (Å²) in [4.78, 5) is 23.6. The summed E-state index contributed by atoms with van der Waals surface area (Å²) in [6, 6.07) is -0.350. The molecule has 0 spiro atoms. The Morgan fingerprint density at radius 1 is 1.22 bits per heavy atom. The zero-order chi connectivity index (χ0) is 19.4. The van der Waals surface area contributed by atoms with Crippen LogP contribution in [-0.2, 0) is 0 Å². The maximum Gasteiger partial charge on any atom is 0.419 e. The highest BCUT2D eigenvalue weighted by Crippen LogP contribution is 2.30. The Hall–Kier alpha value is -2.29. The molecule has 0 radical (unpaired) electrons. The van der Waals surface area contributed by atoms with Crippen LogP contribution < -0.4 is 5.32 Å². The Labute approximate surface area is 159 Å². The normalized spacial score (nSPS) is 23.4. The molecule has 0 bridgehead atoms. The van der Waals surface area contributed by atoms with Crippen molar-refractivity contribution >= 4 is 29.3 Å². The molecular formula is C17H19ClF3N5O. The van der Waals surface area contributed by atoms with Gasteiger partial charge in [0.2, 0.25) is 0 Å².